The Morgan fingerprint density at radius 3 is 2.46 bits per heavy atom. The van der Waals surface area contributed by atoms with Gasteiger partial charge in [-0.3, -0.25) is 0 Å². The van der Waals surface area contributed by atoms with Crippen molar-refractivity contribution in [3.63, 3.8) is 0 Å². The average Bonchev–Trinajstić information content (AvgIpc) is 1.81. The maximum atomic E-state index is 5.67. The fourth-order valence-electron chi connectivity index (χ4n) is 0.800. The van der Waals surface area contributed by atoms with E-state index in [-0.39, 0.29) is 15.6 Å². The largest absolute Gasteiger partial charge is 0.397 e. The molecule has 0 rings (SSSR count). The summed E-state index contributed by atoms with van der Waals surface area (Å²) in [4.78, 5) is 0. The fourth-order valence-corrected chi connectivity index (χ4v) is 7.46. The van der Waals surface area contributed by atoms with Gasteiger partial charge in [0.15, 0.2) is 0 Å². The molecule has 0 saturated carbocycles. The topological polar surface area (TPSA) is 9.23 Å². The Labute approximate surface area is 86.2 Å². The summed E-state index contributed by atoms with van der Waals surface area (Å²) in [5, 5.41) is 0. The molecule has 0 fully saturated rings. The molecule has 13 heavy (non-hydrogen) atoms. The average molecular weight is 238 g/mol. The second-order valence-electron chi connectivity index (χ2n) is 3.44. The highest BCUT2D eigenvalue weighted by Crippen LogP contribution is 2.50. The predicted octanol–water partition coefficient (Wildman–Crippen LogP) is 2.24. The molecule has 1 nitrogen and oxygen atoms in total. The molecule has 0 aliphatic heterocycles. The smallest absolute Gasteiger partial charge is 0.123 e. The van der Waals surface area contributed by atoms with Crippen molar-refractivity contribution in [2.24, 2.45) is 0 Å². The zero-order valence-electron chi connectivity index (χ0n) is 8.29. The lowest BCUT2D eigenvalue weighted by Crippen LogP contribution is -1.89. The first-order valence-electron chi connectivity index (χ1n) is 3.97. The van der Waals surface area contributed by atoms with Crippen LogP contribution >= 0.6 is 22.5 Å². The molecule has 2 atom stereocenters. The van der Waals surface area contributed by atoms with Crippen LogP contribution in [0.25, 0.3) is 0 Å². The van der Waals surface area contributed by atoms with Gasteiger partial charge in [0.1, 0.15) is 11.8 Å². The van der Waals surface area contributed by atoms with Crippen LogP contribution in [-0.4, -0.2) is 51.9 Å². The van der Waals surface area contributed by atoms with Gasteiger partial charge in [0.2, 0.25) is 0 Å². The summed E-state index contributed by atoms with van der Waals surface area (Å²) >= 11 is 0. The first-order chi connectivity index (χ1) is 5.85. The van der Waals surface area contributed by atoms with Crippen LogP contribution < -0.4 is 0 Å². The molecule has 0 aromatic heterocycles. The highest BCUT2D eigenvalue weighted by atomic mass is 31.2. The molecule has 0 amide bonds. The molecule has 2 unspecified atom stereocenters. The maximum absolute atomic E-state index is 5.67. The molecule has 0 aromatic carbocycles. The van der Waals surface area contributed by atoms with Gasteiger partial charge in [-0.25, -0.2) is 0 Å². The highest BCUT2D eigenvalue weighted by Gasteiger charge is 2.13. The van der Waals surface area contributed by atoms with E-state index in [0.717, 1.165) is 6.61 Å². The molecule has 78 valence electrons. The van der Waals surface area contributed by atoms with Crippen LogP contribution in [0.15, 0.2) is 0 Å². The van der Waals surface area contributed by atoms with Gasteiger partial charge in [0.25, 0.3) is 0 Å². The second-order valence-corrected chi connectivity index (χ2v) is 11.4. The van der Waals surface area contributed by atoms with Crippen LogP contribution in [0.2, 0.25) is 0 Å². The third kappa shape index (κ3) is 9.23. The molecule has 5 heteroatoms. The van der Waals surface area contributed by atoms with Crippen LogP contribution in [0.3, 0.4) is 0 Å². The van der Waals surface area contributed by atoms with E-state index in [0.29, 0.717) is 7.57 Å². The summed E-state index contributed by atoms with van der Waals surface area (Å²) in [6, 6.07) is 0. The van der Waals surface area contributed by atoms with Gasteiger partial charge in [-0.1, -0.05) is 13.2 Å². The molecule has 0 heterocycles. The summed E-state index contributed by atoms with van der Waals surface area (Å²) in [6.45, 7) is 6.76. The van der Waals surface area contributed by atoms with Gasteiger partial charge in [0, 0.05) is 14.2 Å². The number of hydrogen-bond donors (Lipinski definition) is 0. The summed E-state index contributed by atoms with van der Waals surface area (Å²) < 4.78 is 5.67. The fraction of sp³-hybridized carbons (Fsp3) is 0.750. The second kappa shape index (κ2) is 6.42. The van der Waals surface area contributed by atoms with Crippen LogP contribution in [0.5, 0.6) is 0 Å². The van der Waals surface area contributed by atoms with Crippen molar-refractivity contribution in [3.05, 3.63) is 0 Å². The minimum Gasteiger partial charge on any atom is -0.397 e. The first-order valence-corrected chi connectivity index (χ1v) is 9.92. The van der Waals surface area contributed by atoms with Crippen molar-refractivity contribution >= 4 is 42.6 Å². The minimum absolute atomic E-state index is 0.0164. The van der Waals surface area contributed by atoms with Gasteiger partial charge in [-0.15, -0.1) is 8.03 Å². The summed E-state index contributed by atoms with van der Waals surface area (Å²) in [6.07, 6.45) is 8.51. The maximum Gasteiger partial charge on any atom is 0.123 e. The van der Waals surface area contributed by atoms with E-state index in [1.807, 2.05) is 0 Å². The Hall–Kier alpha value is 0.925. The summed E-state index contributed by atoms with van der Waals surface area (Å²) in [5.41, 5.74) is 0. The lowest BCUT2D eigenvalue weighted by Gasteiger charge is -2.15. The monoisotopic (exact) mass is 238 g/mol. The number of rotatable bonds is 6. The first kappa shape index (κ1) is 13.9. The van der Waals surface area contributed by atoms with E-state index < -0.39 is 6.89 Å². The Bertz CT molecular complexity index is 211. The van der Waals surface area contributed by atoms with Crippen molar-refractivity contribution < 1.29 is 4.52 Å². The summed E-state index contributed by atoms with van der Waals surface area (Å²) in [5.74, 6) is 2.60. The minimum atomic E-state index is -0.848. The zero-order valence-corrected chi connectivity index (χ0v) is 11.0. The normalized spacial score (nSPS) is 15.5. The molecule has 0 saturated heterocycles. The van der Waals surface area contributed by atoms with Crippen molar-refractivity contribution in [2.45, 2.75) is 6.92 Å². The highest BCUT2D eigenvalue weighted by molar-refractivity contribution is 7.90. The molecule has 0 aliphatic carbocycles. The Morgan fingerprint density at radius 1 is 1.54 bits per heavy atom. The van der Waals surface area contributed by atoms with E-state index in [1.54, 1.807) is 0 Å². The van der Waals surface area contributed by atoms with Gasteiger partial charge in [-0.2, -0.15) is 0 Å². The van der Waals surface area contributed by atoms with Gasteiger partial charge in [0.05, 0.1) is 13.8 Å². The van der Waals surface area contributed by atoms with Crippen molar-refractivity contribution in [1.29, 1.82) is 0 Å². The lowest BCUT2D eigenvalue weighted by molar-refractivity contribution is 0.388. The van der Waals surface area contributed by atoms with E-state index in [4.69, 9.17) is 4.52 Å². The molecule has 0 spiro atoms. The van der Waals surface area contributed by atoms with Crippen molar-refractivity contribution in [1.82, 2.24) is 0 Å². The SMILES string of the molecule is [BH3-]P(C[P+](=C)CP(=C)(C)C)OCC. The van der Waals surface area contributed by atoms with E-state index >= 15 is 0 Å². The van der Waals surface area contributed by atoms with Crippen LogP contribution in [0, 0.1) is 0 Å². The third-order valence-electron chi connectivity index (χ3n) is 1.06. The van der Waals surface area contributed by atoms with E-state index in [9.17, 15) is 0 Å². The van der Waals surface area contributed by atoms with Crippen LogP contribution in [0.4, 0.5) is 0 Å². The Balaban J connectivity index is 3.81. The summed E-state index contributed by atoms with van der Waals surface area (Å²) in [7, 11) is 0.413. The van der Waals surface area contributed by atoms with Gasteiger partial charge < -0.3 is 4.52 Å². The standard InChI is InChI=1S/C8H22BOP3/c1-6-10-12(9)7-11(2)8-13(3,4)5/h2-3,6-8H2,1,4-5,9H3. The van der Waals surface area contributed by atoms with Gasteiger partial charge in [-0.05, 0) is 20.3 Å². The molecule has 0 aliphatic rings. The molecular weight excluding hydrogens is 216 g/mol. The molecule has 0 bridgehead atoms. The zero-order chi connectivity index (χ0) is 10.5. The van der Waals surface area contributed by atoms with Gasteiger partial charge >= 0.3 is 0 Å². The quantitative estimate of drug-likeness (QED) is 0.509. The van der Waals surface area contributed by atoms with E-state index in [2.05, 4.69) is 32.9 Å². The predicted molar refractivity (Wildman–Crippen MR) is 78.1 cm³/mol. The molecule has 0 aromatic rings. The lowest BCUT2D eigenvalue weighted by atomic mass is 10.8. The number of hydrogen-bond acceptors (Lipinski definition) is 1. The molecule has 0 radical (unpaired) electrons. The van der Waals surface area contributed by atoms with Crippen LogP contribution in [0.1, 0.15) is 6.92 Å². The molecular formula is C8H22BOP3. The molecule has 0 N–H and O–H groups in total. The Kier molecular flexibility index (Phi) is 6.87. The van der Waals surface area contributed by atoms with E-state index in [1.165, 1.54) is 11.8 Å². The van der Waals surface area contributed by atoms with Crippen LogP contribution in [-0.2, 0) is 4.52 Å². The van der Waals surface area contributed by atoms with Crippen molar-refractivity contribution in [2.75, 3.05) is 31.7 Å². The third-order valence-corrected chi connectivity index (χ3v) is 8.23. The van der Waals surface area contributed by atoms with Crippen molar-refractivity contribution in [3.8, 4) is 0 Å². The Morgan fingerprint density at radius 2 is 2.08 bits per heavy atom.